The van der Waals surface area contributed by atoms with Gasteiger partial charge in [-0.1, -0.05) is 0 Å². The van der Waals surface area contributed by atoms with Crippen molar-refractivity contribution in [1.82, 2.24) is 24.8 Å². The van der Waals surface area contributed by atoms with E-state index in [0.29, 0.717) is 24.7 Å². The van der Waals surface area contributed by atoms with Crippen LogP contribution in [0.2, 0.25) is 0 Å². The van der Waals surface area contributed by atoms with E-state index in [1.54, 1.807) is 24.5 Å². The van der Waals surface area contributed by atoms with Crippen molar-refractivity contribution in [2.24, 2.45) is 0 Å². The predicted octanol–water partition coefficient (Wildman–Crippen LogP) is 2.20. The smallest absolute Gasteiger partial charge is 0.453 e. The largest absolute Gasteiger partial charge is 0.487 e. The van der Waals surface area contributed by atoms with Crippen LogP contribution in [0.3, 0.4) is 0 Å². The third-order valence-electron chi connectivity index (χ3n) is 3.91. The van der Waals surface area contributed by atoms with Gasteiger partial charge in [-0.25, -0.2) is 0 Å². The molecule has 0 saturated carbocycles. The SMILES string of the molecule is FC(F)(F)c1nnc2ccc(N3CC[C@@H](Oc4cccnc4)C3)nn12. The molecule has 7 nitrogen and oxygen atoms in total. The first-order valence-corrected chi connectivity index (χ1v) is 7.62. The monoisotopic (exact) mass is 350 g/mol. The van der Waals surface area contributed by atoms with Crippen LogP contribution in [-0.4, -0.2) is 44.0 Å². The molecule has 0 radical (unpaired) electrons. The highest BCUT2D eigenvalue weighted by molar-refractivity contribution is 5.46. The second-order valence-corrected chi connectivity index (χ2v) is 5.65. The summed E-state index contributed by atoms with van der Waals surface area (Å²) in [4.78, 5) is 5.87. The van der Waals surface area contributed by atoms with Crippen LogP contribution in [-0.2, 0) is 6.18 Å². The van der Waals surface area contributed by atoms with Gasteiger partial charge in [0.05, 0.1) is 12.7 Å². The van der Waals surface area contributed by atoms with Crippen LogP contribution in [0, 0.1) is 0 Å². The molecule has 0 spiro atoms. The summed E-state index contributed by atoms with van der Waals surface area (Å²) in [6.45, 7) is 1.16. The summed E-state index contributed by atoms with van der Waals surface area (Å²) in [5.41, 5.74) is 0.0541. The van der Waals surface area contributed by atoms with Gasteiger partial charge < -0.3 is 9.64 Å². The standard InChI is InChI=1S/C15H13F3N6O/c16-15(17,18)14-21-20-12-3-4-13(22-24(12)14)23-7-5-11(9-23)25-10-2-1-6-19-8-10/h1-4,6,8,11H,5,7,9H2/t11-/m1/s1. The van der Waals surface area contributed by atoms with E-state index < -0.39 is 12.0 Å². The zero-order valence-electron chi connectivity index (χ0n) is 12.9. The van der Waals surface area contributed by atoms with Gasteiger partial charge in [0.15, 0.2) is 5.65 Å². The Morgan fingerprint density at radius 3 is 2.80 bits per heavy atom. The summed E-state index contributed by atoms with van der Waals surface area (Å²) in [5.74, 6) is -0.0438. The molecule has 1 aliphatic rings. The normalized spacial score (nSPS) is 18.0. The van der Waals surface area contributed by atoms with Gasteiger partial charge in [-0.05, 0) is 24.3 Å². The summed E-state index contributed by atoms with van der Waals surface area (Å²) in [7, 11) is 0. The van der Waals surface area contributed by atoms with Crippen molar-refractivity contribution in [1.29, 1.82) is 0 Å². The molecule has 25 heavy (non-hydrogen) atoms. The van der Waals surface area contributed by atoms with Crippen molar-refractivity contribution in [2.45, 2.75) is 18.7 Å². The highest BCUT2D eigenvalue weighted by atomic mass is 19.4. The van der Waals surface area contributed by atoms with E-state index in [2.05, 4.69) is 20.3 Å². The van der Waals surface area contributed by atoms with Gasteiger partial charge >= 0.3 is 6.18 Å². The average Bonchev–Trinajstić information content (AvgIpc) is 3.21. The molecule has 4 heterocycles. The lowest BCUT2D eigenvalue weighted by Gasteiger charge is -2.18. The van der Waals surface area contributed by atoms with Crippen molar-refractivity contribution in [3.63, 3.8) is 0 Å². The van der Waals surface area contributed by atoms with Gasteiger partial charge in [-0.2, -0.15) is 17.7 Å². The third kappa shape index (κ3) is 3.06. The van der Waals surface area contributed by atoms with Gasteiger partial charge in [-0.15, -0.1) is 15.3 Å². The molecule has 1 fully saturated rings. The fraction of sp³-hybridized carbons (Fsp3) is 0.333. The lowest BCUT2D eigenvalue weighted by atomic mass is 10.3. The molecule has 4 rings (SSSR count). The summed E-state index contributed by atoms with van der Waals surface area (Å²) >= 11 is 0. The van der Waals surface area contributed by atoms with Crippen molar-refractivity contribution >= 4 is 11.5 Å². The van der Waals surface area contributed by atoms with E-state index in [1.807, 2.05) is 11.0 Å². The minimum atomic E-state index is -4.61. The van der Waals surface area contributed by atoms with Crippen LogP contribution in [0.5, 0.6) is 5.75 Å². The van der Waals surface area contributed by atoms with E-state index in [9.17, 15) is 13.2 Å². The lowest BCUT2D eigenvalue weighted by molar-refractivity contribution is -0.146. The van der Waals surface area contributed by atoms with Crippen molar-refractivity contribution in [3.8, 4) is 5.75 Å². The zero-order chi connectivity index (χ0) is 17.4. The molecule has 130 valence electrons. The quantitative estimate of drug-likeness (QED) is 0.721. The van der Waals surface area contributed by atoms with Gasteiger partial charge in [-0.3, -0.25) is 4.98 Å². The Balaban J connectivity index is 1.54. The Labute approximate surface area is 140 Å². The predicted molar refractivity (Wildman–Crippen MR) is 81.3 cm³/mol. The Kier molecular flexibility index (Phi) is 3.66. The number of hydrogen-bond donors (Lipinski definition) is 0. The first-order valence-electron chi connectivity index (χ1n) is 7.62. The van der Waals surface area contributed by atoms with E-state index in [-0.39, 0.29) is 11.8 Å². The molecule has 1 atom stereocenters. The Bertz CT molecular complexity index is 882. The number of anilines is 1. The topological polar surface area (TPSA) is 68.4 Å². The highest BCUT2D eigenvalue weighted by Crippen LogP contribution is 2.28. The first kappa shape index (κ1) is 15.6. The number of hydrogen-bond acceptors (Lipinski definition) is 6. The fourth-order valence-corrected chi connectivity index (χ4v) is 2.77. The molecule has 0 aliphatic carbocycles. The molecule has 3 aromatic heterocycles. The molecular formula is C15H13F3N6O. The number of halogens is 3. The second-order valence-electron chi connectivity index (χ2n) is 5.65. The summed E-state index contributed by atoms with van der Waals surface area (Å²) in [6.07, 6.45) is -0.667. The molecule has 1 aliphatic heterocycles. The molecule has 0 unspecified atom stereocenters. The molecule has 3 aromatic rings. The van der Waals surface area contributed by atoms with Crippen LogP contribution < -0.4 is 9.64 Å². The summed E-state index contributed by atoms with van der Waals surface area (Å²) in [6, 6.07) is 6.70. The van der Waals surface area contributed by atoms with Crippen molar-refractivity contribution < 1.29 is 17.9 Å². The minimum Gasteiger partial charge on any atom is -0.487 e. The van der Waals surface area contributed by atoms with Gasteiger partial charge in [0, 0.05) is 19.2 Å². The summed E-state index contributed by atoms with van der Waals surface area (Å²) in [5, 5.41) is 10.7. The molecule has 0 amide bonds. The van der Waals surface area contributed by atoms with Crippen molar-refractivity contribution in [3.05, 3.63) is 42.5 Å². The third-order valence-corrected chi connectivity index (χ3v) is 3.91. The number of alkyl halides is 3. The maximum absolute atomic E-state index is 13.0. The van der Waals surface area contributed by atoms with Crippen LogP contribution in [0.25, 0.3) is 5.65 Å². The Morgan fingerprint density at radius 2 is 2.04 bits per heavy atom. The number of rotatable bonds is 3. The van der Waals surface area contributed by atoms with Crippen LogP contribution >= 0.6 is 0 Å². The van der Waals surface area contributed by atoms with Gasteiger partial charge in [0.25, 0.3) is 5.82 Å². The second kappa shape index (κ2) is 5.87. The number of nitrogens with zero attached hydrogens (tertiary/aromatic N) is 6. The van der Waals surface area contributed by atoms with Gasteiger partial charge in [0.1, 0.15) is 17.7 Å². The number of aromatic nitrogens is 5. The molecule has 0 aromatic carbocycles. The Hall–Kier alpha value is -2.91. The Morgan fingerprint density at radius 1 is 1.16 bits per heavy atom. The van der Waals surface area contributed by atoms with Crippen LogP contribution in [0.15, 0.2) is 36.7 Å². The average molecular weight is 350 g/mol. The maximum atomic E-state index is 13.0. The molecule has 10 heteroatoms. The molecule has 0 bridgehead atoms. The van der Waals surface area contributed by atoms with Crippen LogP contribution in [0.4, 0.5) is 19.0 Å². The van der Waals surface area contributed by atoms with E-state index in [0.717, 1.165) is 10.9 Å². The maximum Gasteiger partial charge on any atom is 0.453 e. The zero-order valence-corrected chi connectivity index (χ0v) is 12.9. The molecule has 1 saturated heterocycles. The lowest BCUT2D eigenvalue weighted by Crippen LogP contribution is -2.26. The van der Waals surface area contributed by atoms with E-state index in [4.69, 9.17) is 4.74 Å². The fourth-order valence-electron chi connectivity index (χ4n) is 2.77. The van der Waals surface area contributed by atoms with Crippen LogP contribution in [0.1, 0.15) is 12.2 Å². The van der Waals surface area contributed by atoms with E-state index >= 15 is 0 Å². The first-order chi connectivity index (χ1) is 12.0. The highest BCUT2D eigenvalue weighted by Gasteiger charge is 2.38. The van der Waals surface area contributed by atoms with E-state index in [1.165, 1.54) is 6.07 Å². The molecular weight excluding hydrogens is 337 g/mol. The summed E-state index contributed by atoms with van der Waals surface area (Å²) < 4.78 is 45.4. The molecule has 0 N–H and O–H groups in total. The number of pyridine rings is 1. The number of ether oxygens (including phenoxy) is 1. The van der Waals surface area contributed by atoms with Crippen molar-refractivity contribution in [2.75, 3.05) is 18.0 Å². The van der Waals surface area contributed by atoms with Gasteiger partial charge in [0.2, 0.25) is 0 Å². The minimum absolute atomic E-state index is 0.0541. The number of fused-ring (bicyclic) bond motifs is 1.